The molecule has 4 rings (SSSR count). The number of hydrogen-bond acceptors (Lipinski definition) is 6. The van der Waals surface area contributed by atoms with E-state index in [1.807, 2.05) is 51.1 Å². The van der Waals surface area contributed by atoms with Crippen molar-refractivity contribution < 1.29 is 8.83 Å². The highest BCUT2D eigenvalue weighted by molar-refractivity contribution is 7.98. The van der Waals surface area contributed by atoms with Gasteiger partial charge in [-0.2, -0.15) is 0 Å². The molecule has 0 spiro atoms. The monoisotopic (exact) mass is 378 g/mol. The molecule has 136 valence electrons. The summed E-state index contributed by atoms with van der Waals surface area (Å²) in [6, 6.07) is 13.5. The average Bonchev–Trinajstić information content (AvgIpc) is 3.07. The fourth-order valence-electron chi connectivity index (χ4n) is 3.08. The van der Waals surface area contributed by atoms with Crippen molar-refractivity contribution in [2.24, 2.45) is 0 Å². The number of benzene rings is 2. The summed E-state index contributed by atoms with van der Waals surface area (Å²) in [5.41, 5.74) is 5.38. The van der Waals surface area contributed by atoms with Crippen molar-refractivity contribution in [2.45, 2.75) is 31.7 Å². The maximum atomic E-state index is 11.9. The Morgan fingerprint density at radius 3 is 2.44 bits per heavy atom. The highest BCUT2D eigenvalue weighted by Crippen LogP contribution is 2.29. The molecule has 4 aromatic rings. The fraction of sp³-hybridized carbons (Fsp3) is 0.190. The Bertz CT molecular complexity index is 1170. The Morgan fingerprint density at radius 2 is 1.67 bits per heavy atom. The summed E-state index contributed by atoms with van der Waals surface area (Å²) in [5.74, 6) is 1.04. The number of aryl methyl sites for hydroxylation is 3. The summed E-state index contributed by atoms with van der Waals surface area (Å²) in [4.78, 5) is 11.9. The molecule has 0 bridgehead atoms. The van der Waals surface area contributed by atoms with Gasteiger partial charge in [0.05, 0.1) is 0 Å². The van der Waals surface area contributed by atoms with E-state index in [2.05, 4.69) is 16.3 Å². The lowest BCUT2D eigenvalue weighted by Crippen LogP contribution is -2.00. The second-order valence-electron chi connectivity index (χ2n) is 6.63. The van der Waals surface area contributed by atoms with E-state index in [4.69, 9.17) is 8.83 Å². The first-order chi connectivity index (χ1) is 13.0. The lowest BCUT2D eigenvalue weighted by Gasteiger charge is -2.04. The Morgan fingerprint density at radius 1 is 0.889 bits per heavy atom. The quantitative estimate of drug-likeness (QED) is 0.365. The number of nitrogens with zero attached hydrogens (tertiary/aromatic N) is 2. The Balaban J connectivity index is 1.59. The fourth-order valence-corrected chi connectivity index (χ4v) is 3.83. The first-order valence-electron chi connectivity index (χ1n) is 8.56. The molecule has 0 saturated carbocycles. The van der Waals surface area contributed by atoms with E-state index >= 15 is 0 Å². The summed E-state index contributed by atoms with van der Waals surface area (Å²) in [6.45, 7) is 6.04. The van der Waals surface area contributed by atoms with Crippen LogP contribution in [0.5, 0.6) is 0 Å². The van der Waals surface area contributed by atoms with E-state index in [0.29, 0.717) is 22.4 Å². The molecule has 0 amide bonds. The van der Waals surface area contributed by atoms with Crippen LogP contribution in [0.2, 0.25) is 0 Å². The molecule has 0 aliphatic rings. The lowest BCUT2D eigenvalue weighted by atomic mass is 10.1. The zero-order valence-corrected chi connectivity index (χ0v) is 16.1. The van der Waals surface area contributed by atoms with E-state index < -0.39 is 0 Å². The van der Waals surface area contributed by atoms with Crippen LogP contribution in [0.3, 0.4) is 0 Å². The average molecular weight is 378 g/mol. The summed E-state index contributed by atoms with van der Waals surface area (Å²) in [7, 11) is 0. The molecule has 0 aliphatic carbocycles. The number of rotatable bonds is 4. The minimum absolute atomic E-state index is 0.356. The molecule has 0 unspecified atom stereocenters. The van der Waals surface area contributed by atoms with Crippen LogP contribution in [-0.2, 0) is 5.75 Å². The third-order valence-corrected chi connectivity index (χ3v) is 5.08. The smallest absolute Gasteiger partial charge is 0.336 e. The summed E-state index contributed by atoms with van der Waals surface area (Å²) in [5, 5.41) is 9.67. The topological polar surface area (TPSA) is 69.1 Å². The van der Waals surface area contributed by atoms with Crippen molar-refractivity contribution >= 4 is 22.7 Å². The van der Waals surface area contributed by atoms with E-state index in [1.165, 1.54) is 17.8 Å². The van der Waals surface area contributed by atoms with E-state index in [9.17, 15) is 4.79 Å². The van der Waals surface area contributed by atoms with Crippen molar-refractivity contribution in [1.29, 1.82) is 0 Å². The van der Waals surface area contributed by atoms with Gasteiger partial charge in [0.25, 0.3) is 5.22 Å². The van der Waals surface area contributed by atoms with Crippen molar-refractivity contribution in [3.05, 3.63) is 75.1 Å². The van der Waals surface area contributed by atoms with Crippen LogP contribution in [-0.4, -0.2) is 10.2 Å². The molecule has 27 heavy (non-hydrogen) atoms. The molecular weight excluding hydrogens is 360 g/mol. The molecule has 0 N–H and O–H groups in total. The predicted octanol–water partition coefficient (Wildman–Crippen LogP) is 5.06. The first kappa shape index (κ1) is 17.5. The Kier molecular flexibility index (Phi) is 4.58. The third-order valence-electron chi connectivity index (χ3n) is 4.21. The minimum atomic E-state index is -0.356. The molecule has 0 fully saturated rings. The number of hydrogen-bond donors (Lipinski definition) is 0. The minimum Gasteiger partial charge on any atom is -0.423 e. The van der Waals surface area contributed by atoms with E-state index in [0.717, 1.165) is 33.2 Å². The Labute approximate surface area is 160 Å². The molecule has 0 radical (unpaired) electrons. The zero-order valence-electron chi connectivity index (χ0n) is 15.3. The second-order valence-corrected chi connectivity index (χ2v) is 7.56. The van der Waals surface area contributed by atoms with Gasteiger partial charge < -0.3 is 8.83 Å². The Hall–Kier alpha value is -2.86. The largest absolute Gasteiger partial charge is 0.423 e. The highest BCUT2D eigenvalue weighted by atomic mass is 32.2. The molecule has 2 aromatic carbocycles. The second kappa shape index (κ2) is 7.04. The van der Waals surface area contributed by atoms with Gasteiger partial charge in [-0.3, -0.25) is 0 Å². The normalized spacial score (nSPS) is 11.2. The number of aromatic nitrogens is 2. The molecule has 0 saturated heterocycles. The molecule has 0 aliphatic heterocycles. The van der Waals surface area contributed by atoms with Crippen LogP contribution in [0, 0.1) is 20.8 Å². The molecule has 2 aromatic heterocycles. The van der Waals surface area contributed by atoms with Crippen LogP contribution in [0.4, 0.5) is 0 Å². The summed E-state index contributed by atoms with van der Waals surface area (Å²) >= 11 is 1.40. The SMILES string of the molecule is Cc1cc(C)cc(-c2nnc(SCc3cc(=O)oc4cc(C)ccc34)o2)c1. The third kappa shape index (κ3) is 3.80. The van der Waals surface area contributed by atoms with Gasteiger partial charge >= 0.3 is 5.63 Å². The molecule has 6 heteroatoms. The standard InChI is InChI=1S/C21H18N2O3S/c1-12-4-5-17-16(10-19(24)25-18(17)9-12)11-27-21-23-22-20(26-21)15-7-13(2)6-14(3)8-15/h4-10H,11H2,1-3H3. The van der Waals surface area contributed by atoms with Gasteiger partial charge in [0.15, 0.2) is 0 Å². The maximum absolute atomic E-state index is 11.9. The summed E-state index contributed by atoms with van der Waals surface area (Å²) < 4.78 is 11.1. The summed E-state index contributed by atoms with van der Waals surface area (Å²) in [6.07, 6.45) is 0. The van der Waals surface area contributed by atoms with Gasteiger partial charge in [-0.1, -0.05) is 41.1 Å². The van der Waals surface area contributed by atoms with Crippen molar-refractivity contribution in [1.82, 2.24) is 10.2 Å². The van der Waals surface area contributed by atoms with Crippen molar-refractivity contribution in [3.8, 4) is 11.5 Å². The van der Waals surface area contributed by atoms with Crippen LogP contribution in [0.15, 0.2) is 61.3 Å². The first-order valence-corrected chi connectivity index (χ1v) is 9.55. The molecular formula is C21H18N2O3S. The maximum Gasteiger partial charge on any atom is 0.336 e. The van der Waals surface area contributed by atoms with Gasteiger partial charge in [0.1, 0.15) is 5.58 Å². The van der Waals surface area contributed by atoms with E-state index in [-0.39, 0.29) is 5.63 Å². The van der Waals surface area contributed by atoms with Crippen molar-refractivity contribution in [2.75, 3.05) is 0 Å². The van der Waals surface area contributed by atoms with Crippen LogP contribution < -0.4 is 5.63 Å². The molecule has 5 nitrogen and oxygen atoms in total. The highest BCUT2D eigenvalue weighted by Gasteiger charge is 2.12. The van der Waals surface area contributed by atoms with Gasteiger partial charge in [-0.25, -0.2) is 4.79 Å². The zero-order chi connectivity index (χ0) is 19.0. The molecule has 2 heterocycles. The van der Waals surface area contributed by atoms with Crippen LogP contribution >= 0.6 is 11.8 Å². The number of fused-ring (bicyclic) bond motifs is 1. The predicted molar refractivity (Wildman–Crippen MR) is 106 cm³/mol. The van der Waals surface area contributed by atoms with Crippen LogP contribution in [0.25, 0.3) is 22.4 Å². The van der Waals surface area contributed by atoms with Gasteiger partial charge in [-0.05, 0) is 50.1 Å². The van der Waals surface area contributed by atoms with Gasteiger partial charge in [0, 0.05) is 22.8 Å². The lowest BCUT2D eigenvalue weighted by molar-refractivity contribution is 0.465. The van der Waals surface area contributed by atoms with Gasteiger partial charge in [-0.15, -0.1) is 10.2 Å². The van der Waals surface area contributed by atoms with Gasteiger partial charge in [0.2, 0.25) is 5.89 Å². The number of thioether (sulfide) groups is 1. The van der Waals surface area contributed by atoms with Crippen molar-refractivity contribution in [3.63, 3.8) is 0 Å². The van der Waals surface area contributed by atoms with Crippen LogP contribution in [0.1, 0.15) is 22.3 Å². The van der Waals surface area contributed by atoms with E-state index in [1.54, 1.807) is 0 Å². The molecule has 0 atom stereocenters.